The predicted molar refractivity (Wildman–Crippen MR) is 49.9 cm³/mol. The summed E-state index contributed by atoms with van der Waals surface area (Å²) in [6, 6.07) is 0. The summed E-state index contributed by atoms with van der Waals surface area (Å²) < 4.78 is 4.95. The minimum atomic E-state index is -0.107. The van der Waals surface area contributed by atoms with Crippen molar-refractivity contribution >= 4 is 5.97 Å². The third-order valence-electron chi connectivity index (χ3n) is 1.79. The molecule has 0 unspecified atom stereocenters. The fourth-order valence-corrected chi connectivity index (χ4v) is 0.960. The zero-order valence-corrected chi connectivity index (χ0v) is 8.38. The molecule has 0 atom stereocenters. The third kappa shape index (κ3) is 9.34. The van der Waals surface area contributed by atoms with Gasteiger partial charge in [-0.1, -0.05) is 13.3 Å². The van der Waals surface area contributed by atoms with Crippen LogP contribution in [0, 0.1) is 0 Å². The maximum Gasteiger partial charge on any atom is 0.305 e. The van der Waals surface area contributed by atoms with Gasteiger partial charge < -0.3 is 4.74 Å². The molecular formula is C10H19O3. The van der Waals surface area contributed by atoms with Crippen LogP contribution in [0.5, 0.6) is 0 Å². The molecule has 0 aromatic carbocycles. The van der Waals surface area contributed by atoms with Crippen LogP contribution in [0.25, 0.3) is 0 Å². The normalized spacial score (nSPS) is 10.0. The lowest BCUT2D eigenvalue weighted by Crippen LogP contribution is -2.05. The molecule has 77 valence electrons. The summed E-state index contributed by atoms with van der Waals surface area (Å²) in [5.41, 5.74) is 0. The molecule has 0 aromatic heterocycles. The minimum Gasteiger partial charge on any atom is -0.466 e. The highest BCUT2D eigenvalue weighted by molar-refractivity contribution is 5.69. The number of unbranched alkanes of at least 4 members (excludes halogenated alkanes) is 3. The van der Waals surface area contributed by atoms with Gasteiger partial charge in [-0.3, -0.25) is 4.79 Å². The highest BCUT2D eigenvalue weighted by Gasteiger charge is 2.00. The maximum atomic E-state index is 11.0. The lowest BCUT2D eigenvalue weighted by atomic mass is 10.2. The fraction of sp³-hybridized carbons (Fsp3) is 0.900. The topological polar surface area (TPSA) is 46.2 Å². The Kier molecular flexibility index (Phi) is 9.10. The summed E-state index contributed by atoms with van der Waals surface area (Å²) in [4.78, 5) is 11.0. The highest BCUT2D eigenvalue weighted by Crippen LogP contribution is 1.99. The molecule has 0 aliphatic carbocycles. The molecule has 3 heteroatoms. The predicted octanol–water partition coefficient (Wildman–Crippen LogP) is 2.32. The number of ether oxygens (including phenoxy) is 1. The van der Waals surface area contributed by atoms with E-state index in [-0.39, 0.29) is 12.6 Å². The Balaban J connectivity index is 3.08. The molecule has 0 aromatic rings. The molecule has 0 spiro atoms. The summed E-state index contributed by atoms with van der Waals surface area (Å²) in [6.45, 7) is 2.49. The second-order valence-electron chi connectivity index (χ2n) is 3.09. The molecule has 3 nitrogen and oxygen atoms in total. The van der Waals surface area contributed by atoms with Gasteiger partial charge in [0.1, 0.15) is 0 Å². The molecule has 0 amide bonds. The van der Waals surface area contributed by atoms with Gasteiger partial charge in [-0.25, -0.2) is 5.11 Å². The van der Waals surface area contributed by atoms with E-state index in [9.17, 15) is 9.90 Å². The summed E-state index contributed by atoms with van der Waals surface area (Å²) in [6.07, 6.45) is 4.82. The van der Waals surface area contributed by atoms with Crippen molar-refractivity contribution in [1.82, 2.24) is 0 Å². The van der Waals surface area contributed by atoms with Gasteiger partial charge in [-0.2, -0.15) is 0 Å². The van der Waals surface area contributed by atoms with Crippen LogP contribution in [-0.2, 0) is 14.6 Å². The Morgan fingerprint density at radius 2 is 1.92 bits per heavy atom. The van der Waals surface area contributed by atoms with E-state index in [0.717, 1.165) is 25.7 Å². The van der Waals surface area contributed by atoms with Crippen molar-refractivity contribution in [1.29, 1.82) is 0 Å². The Morgan fingerprint density at radius 1 is 1.15 bits per heavy atom. The van der Waals surface area contributed by atoms with Gasteiger partial charge in [-0.05, 0) is 25.7 Å². The zero-order chi connectivity index (χ0) is 9.94. The maximum absolute atomic E-state index is 11.0. The smallest absolute Gasteiger partial charge is 0.305 e. The summed E-state index contributed by atoms with van der Waals surface area (Å²) >= 11 is 0. The van der Waals surface area contributed by atoms with Crippen molar-refractivity contribution in [3.8, 4) is 0 Å². The fourth-order valence-electron chi connectivity index (χ4n) is 0.960. The third-order valence-corrected chi connectivity index (χ3v) is 1.79. The number of carbonyl (C=O) groups excluding carboxylic acids is 1. The van der Waals surface area contributed by atoms with Crippen molar-refractivity contribution in [3.63, 3.8) is 0 Å². The van der Waals surface area contributed by atoms with Crippen LogP contribution in [0.15, 0.2) is 0 Å². The first-order chi connectivity index (χ1) is 6.31. The molecule has 0 heterocycles. The van der Waals surface area contributed by atoms with E-state index in [1.807, 2.05) is 6.92 Å². The lowest BCUT2D eigenvalue weighted by molar-refractivity contribution is -0.143. The molecule has 0 saturated heterocycles. The number of hydrogen-bond acceptors (Lipinski definition) is 2. The standard InChI is InChI=1S/C10H19O3/c1-2-3-7-10(12)13-9-6-4-5-8-11/h2-9H2,1H3. The SMILES string of the molecule is CCCCC(=O)OCCCCC[O]. The van der Waals surface area contributed by atoms with E-state index in [1.165, 1.54) is 0 Å². The van der Waals surface area contributed by atoms with Gasteiger partial charge in [0.25, 0.3) is 0 Å². The van der Waals surface area contributed by atoms with Crippen LogP contribution in [0.4, 0.5) is 0 Å². The van der Waals surface area contributed by atoms with E-state index >= 15 is 0 Å². The summed E-state index contributed by atoms with van der Waals surface area (Å²) in [7, 11) is 0. The molecule has 0 rings (SSSR count). The minimum absolute atomic E-state index is 0.0240. The lowest BCUT2D eigenvalue weighted by Gasteiger charge is -2.02. The largest absolute Gasteiger partial charge is 0.466 e. The number of hydrogen-bond donors (Lipinski definition) is 0. The van der Waals surface area contributed by atoms with Crippen LogP contribution in [0.3, 0.4) is 0 Å². The zero-order valence-electron chi connectivity index (χ0n) is 8.38. The second kappa shape index (κ2) is 9.52. The van der Waals surface area contributed by atoms with E-state index in [4.69, 9.17) is 4.74 Å². The van der Waals surface area contributed by atoms with Gasteiger partial charge in [0, 0.05) is 6.42 Å². The van der Waals surface area contributed by atoms with Crippen molar-refractivity contribution in [2.75, 3.05) is 13.2 Å². The first kappa shape index (κ1) is 12.4. The first-order valence-electron chi connectivity index (χ1n) is 5.05. The Morgan fingerprint density at radius 3 is 2.54 bits per heavy atom. The molecule has 0 N–H and O–H groups in total. The monoisotopic (exact) mass is 187 g/mol. The summed E-state index contributed by atoms with van der Waals surface area (Å²) in [5, 5.41) is 10.1. The molecule has 0 fully saturated rings. The Labute approximate surface area is 80.1 Å². The van der Waals surface area contributed by atoms with Gasteiger partial charge in [0.2, 0.25) is 0 Å². The average Bonchev–Trinajstić information content (AvgIpc) is 2.14. The van der Waals surface area contributed by atoms with Gasteiger partial charge in [0.05, 0.1) is 13.2 Å². The molecule has 1 radical (unpaired) electrons. The van der Waals surface area contributed by atoms with E-state index < -0.39 is 0 Å². The van der Waals surface area contributed by atoms with Crippen LogP contribution in [0.2, 0.25) is 0 Å². The van der Waals surface area contributed by atoms with E-state index in [2.05, 4.69) is 0 Å². The first-order valence-corrected chi connectivity index (χ1v) is 5.05. The Hall–Kier alpha value is -0.570. The van der Waals surface area contributed by atoms with E-state index in [0.29, 0.717) is 19.4 Å². The highest BCUT2D eigenvalue weighted by atomic mass is 16.5. The second-order valence-corrected chi connectivity index (χ2v) is 3.09. The number of rotatable bonds is 8. The number of carbonyl (C=O) groups is 1. The molecular weight excluding hydrogens is 168 g/mol. The van der Waals surface area contributed by atoms with Gasteiger partial charge in [-0.15, -0.1) is 0 Å². The Bertz CT molecular complexity index is 123. The van der Waals surface area contributed by atoms with Gasteiger partial charge in [0.15, 0.2) is 0 Å². The molecule has 0 saturated carbocycles. The number of esters is 1. The van der Waals surface area contributed by atoms with E-state index in [1.54, 1.807) is 0 Å². The molecule has 13 heavy (non-hydrogen) atoms. The van der Waals surface area contributed by atoms with Crippen LogP contribution in [0.1, 0.15) is 45.4 Å². The van der Waals surface area contributed by atoms with Crippen molar-refractivity contribution in [3.05, 3.63) is 0 Å². The average molecular weight is 187 g/mol. The van der Waals surface area contributed by atoms with Crippen molar-refractivity contribution < 1.29 is 14.6 Å². The van der Waals surface area contributed by atoms with Crippen molar-refractivity contribution in [2.45, 2.75) is 45.4 Å². The summed E-state index contributed by atoms with van der Waals surface area (Å²) in [5.74, 6) is -0.107. The van der Waals surface area contributed by atoms with Gasteiger partial charge >= 0.3 is 5.97 Å². The van der Waals surface area contributed by atoms with Crippen LogP contribution < -0.4 is 0 Å². The van der Waals surface area contributed by atoms with Crippen LogP contribution in [-0.4, -0.2) is 19.2 Å². The van der Waals surface area contributed by atoms with Crippen molar-refractivity contribution in [2.24, 2.45) is 0 Å². The quantitative estimate of drug-likeness (QED) is 0.432. The molecule has 0 aliphatic heterocycles. The molecule has 0 aliphatic rings. The molecule has 0 bridgehead atoms. The van der Waals surface area contributed by atoms with Crippen LogP contribution >= 0.6 is 0 Å².